The number of carbonyl (C=O) groups excluding carboxylic acids is 1. The van der Waals surface area contributed by atoms with Gasteiger partial charge in [-0.1, -0.05) is 0 Å². The summed E-state index contributed by atoms with van der Waals surface area (Å²) in [5.41, 5.74) is 3.65. The van der Waals surface area contributed by atoms with E-state index in [1.807, 2.05) is 13.8 Å². The third kappa shape index (κ3) is 3.64. The fourth-order valence-electron chi connectivity index (χ4n) is 2.22. The highest BCUT2D eigenvalue weighted by molar-refractivity contribution is 5.76. The van der Waals surface area contributed by atoms with Crippen molar-refractivity contribution in [3.05, 3.63) is 0 Å². The Hall–Kier alpha value is -0.680. The Morgan fingerprint density at radius 1 is 1.47 bits per heavy atom. The van der Waals surface area contributed by atoms with Crippen molar-refractivity contribution in [2.45, 2.75) is 32.4 Å². The molecule has 0 spiro atoms. The molecule has 0 aliphatic carbocycles. The van der Waals surface area contributed by atoms with Gasteiger partial charge in [-0.15, -0.1) is 0 Å². The third-order valence-electron chi connectivity index (χ3n) is 3.47. The van der Waals surface area contributed by atoms with Gasteiger partial charge in [-0.3, -0.25) is 4.79 Å². The predicted molar refractivity (Wildman–Crippen MR) is 64.4 cm³/mol. The molecule has 0 atom stereocenters. The highest BCUT2D eigenvalue weighted by Gasteiger charge is 2.37. The highest BCUT2D eigenvalue weighted by atomic mass is 19.1. The Morgan fingerprint density at radius 2 is 2.00 bits per heavy atom. The number of halogens is 1. The van der Waals surface area contributed by atoms with E-state index in [1.54, 1.807) is 0 Å². The van der Waals surface area contributed by atoms with Gasteiger partial charge in [0.15, 0.2) is 0 Å². The highest BCUT2D eigenvalue weighted by Crippen LogP contribution is 2.28. The van der Waals surface area contributed by atoms with E-state index in [2.05, 4.69) is 4.90 Å². The minimum absolute atomic E-state index is 0.0846. The molecule has 0 aromatic heterocycles. The molecule has 1 saturated heterocycles. The molecule has 0 aromatic rings. The molecule has 0 amide bonds. The van der Waals surface area contributed by atoms with Crippen LogP contribution in [0.3, 0.4) is 0 Å². The summed E-state index contributed by atoms with van der Waals surface area (Å²) >= 11 is 0. The third-order valence-corrected chi connectivity index (χ3v) is 3.47. The SMILES string of the molecule is COC(=O)C(C)(C)CN1CCC(F)(CN)CC1. The Labute approximate surface area is 102 Å². The molecule has 4 nitrogen and oxygen atoms in total. The van der Waals surface area contributed by atoms with Gasteiger partial charge in [0, 0.05) is 26.2 Å². The van der Waals surface area contributed by atoms with Crippen LogP contribution in [0.15, 0.2) is 0 Å². The summed E-state index contributed by atoms with van der Waals surface area (Å²) in [5.74, 6) is -0.228. The van der Waals surface area contributed by atoms with Crippen LogP contribution in [-0.4, -0.2) is 49.8 Å². The fraction of sp³-hybridized carbons (Fsp3) is 0.917. The Morgan fingerprint density at radius 3 is 2.41 bits per heavy atom. The van der Waals surface area contributed by atoms with E-state index in [1.165, 1.54) is 7.11 Å². The summed E-state index contributed by atoms with van der Waals surface area (Å²) in [7, 11) is 1.39. The maximum atomic E-state index is 13.9. The van der Waals surface area contributed by atoms with Gasteiger partial charge in [0.1, 0.15) is 5.67 Å². The molecule has 5 heteroatoms. The zero-order chi connectivity index (χ0) is 13.1. The first-order valence-electron chi connectivity index (χ1n) is 6.03. The molecule has 0 bridgehead atoms. The van der Waals surface area contributed by atoms with Crippen LogP contribution < -0.4 is 5.73 Å². The van der Waals surface area contributed by atoms with Gasteiger partial charge < -0.3 is 15.4 Å². The van der Waals surface area contributed by atoms with Crippen LogP contribution in [0.2, 0.25) is 0 Å². The molecule has 2 N–H and O–H groups in total. The molecule has 1 rings (SSSR count). The molecule has 1 aliphatic rings. The average Bonchev–Trinajstić information content (AvgIpc) is 2.31. The van der Waals surface area contributed by atoms with E-state index in [0.29, 0.717) is 32.5 Å². The molecular weight excluding hydrogens is 223 g/mol. The van der Waals surface area contributed by atoms with Crippen LogP contribution in [-0.2, 0) is 9.53 Å². The molecule has 17 heavy (non-hydrogen) atoms. The number of rotatable bonds is 4. The number of piperidine rings is 1. The summed E-state index contributed by atoms with van der Waals surface area (Å²) in [5, 5.41) is 0. The molecule has 0 aromatic carbocycles. The number of methoxy groups -OCH3 is 1. The van der Waals surface area contributed by atoms with Gasteiger partial charge in [-0.25, -0.2) is 4.39 Å². The topological polar surface area (TPSA) is 55.6 Å². The molecular formula is C12H23FN2O2. The van der Waals surface area contributed by atoms with E-state index < -0.39 is 11.1 Å². The van der Waals surface area contributed by atoms with Crippen molar-refractivity contribution in [2.24, 2.45) is 11.1 Å². The van der Waals surface area contributed by atoms with Crippen LogP contribution in [0, 0.1) is 5.41 Å². The van der Waals surface area contributed by atoms with Gasteiger partial charge >= 0.3 is 5.97 Å². The lowest BCUT2D eigenvalue weighted by Gasteiger charge is -2.38. The van der Waals surface area contributed by atoms with Crippen molar-refractivity contribution in [2.75, 3.05) is 33.3 Å². The van der Waals surface area contributed by atoms with Crippen molar-refractivity contribution < 1.29 is 13.9 Å². The van der Waals surface area contributed by atoms with Crippen LogP contribution in [0.4, 0.5) is 4.39 Å². The first-order chi connectivity index (χ1) is 7.83. The standard InChI is InChI=1S/C12H23FN2O2/c1-11(2,10(16)17-3)9-15-6-4-12(13,8-14)5-7-15/h4-9,14H2,1-3H3. The number of likely N-dealkylation sites (tertiary alicyclic amines) is 1. The van der Waals surface area contributed by atoms with Crippen molar-refractivity contribution >= 4 is 5.97 Å². The van der Waals surface area contributed by atoms with Crippen molar-refractivity contribution in [3.63, 3.8) is 0 Å². The quantitative estimate of drug-likeness (QED) is 0.750. The van der Waals surface area contributed by atoms with Crippen LogP contribution in [0.25, 0.3) is 0 Å². The van der Waals surface area contributed by atoms with Gasteiger partial charge in [-0.2, -0.15) is 0 Å². The van der Waals surface area contributed by atoms with Crippen molar-refractivity contribution in [1.29, 1.82) is 0 Å². The fourth-order valence-corrected chi connectivity index (χ4v) is 2.22. The Bertz CT molecular complexity index is 274. The number of carbonyl (C=O) groups is 1. The number of hydrogen-bond acceptors (Lipinski definition) is 4. The summed E-state index contributed by atoms with van der Waals surface area (Å²) in [6.07, 6.45) is 0.890. The zero-order valence-electron chi connectivity index (χ0n) is 11.0. The number of hydrogen-bond donors (Lipinski definition) is 1. The van der Waals surface area contributed by atoms with Gasteiger partial charge in [-0.05, 0) is 26.7 Å². The van der Waals surface area contributed by atoms with Crippen LogP contribution >= 0.6 is 0 Å². The average molecular weight is 246 g/mol. The molecule has 1 fully saturated rings. The van der Waals surface area contributed by atoms with Crippen molar-refractivity contribution in [1.82, 2.24) is 4.90 Å². The molecule has 1 heterocycles. The Balaban J connectivity index is 2.48. The lowest BCUT2D eigenvalue weighted by molar-refractivity contribution is -0.152. The largest absolute Gasteiger partial charge is 0.469 e. The Kier molecular flexibility index (Phi) is 4.49. The number of nitrogens with zero attached hydrogens (tertiary/aromatic N) is 1. The molecule has 100 valence electrons. The normalized spacial score (nSPS) is 21.2. The molecule has 0 radical (unpaired) electrons. The van der Waals surface area contributed by atoms with Gasteiger partial charge in [0.25, 0.3) is 0 Å². The molecule has 0 saturated carbocycles. The second-order valence-electron chi connectivity index (χ2n) is 5.51. The molecule has 0 unspecified atom stereocenters. The minimum atomic E-state index is -1.22. The smallest absolute Gasteiger partial charge is 0.312 e. The first kappa shape index (κ1) is 14.4. The van der Waals surface area contributed by atoms with E-state index in [0.717, 1.165) is 0 Å². The monoisotopic (exact) mass is 246 g/mol. The summed E-state index contributed by atoms with van der Waals surface area (Å²) < 4.78 is 18.6. The second-order valence-corrected chi connectivity index (χ2v) is 5.51. The maximum Gasteiger partial charge on any atom is 0.312 e. The second kappa shape index (κ2) is 5.31. The summed E-state index contributed by atoms with van der Waals surface area (Å²) in [6, 6.07) is 0. The van der Waals surface area contributed by atoms with E-state index in [4.69, 9.17) is 10.5 Å². The zero-order valence-corrected chi connectivity index (χ0v) is 11.0. The van der Waals surface area contributed by atoms with Crippen LogP contribution in [0.5, 0.6) is 0 Å². The van der Waals surface area contributed by atoms with Crippen LogP contribution in [0.1, 0.15) is 26.7 Å². The number of ether oxygens (including phenoxy) is 1. The molecule has 1 aliphatic heterocycles. The lowest BCUT2D eigenvalue weighted by Crippen LogP contribution is -2.49. The summed E-state index contributed by atoms with van der Waals surface area (Å²) in [6.45, 7) is 5.67. The number of nitrogens with two attached hydrogens (primary N) is 1. The van der Waals surface area contributed by atoms with Crippen molar-refractivity contribution in [3.8, 4) is 0 Å². The van der Waals surface area contributed by atoms with E-state index >= 15 is 0 Å². The number of alkyl halides is 1. The van der Waals surface area contributed by atoms with E-state index in [9.17, 15) is 9.18 Å². The van der Waals surface area contributed by atoms with E-state index in [-0.39, 0.29) is 12.5 Å². The first-order valence-corrected chi connectivity index (χ1v) is 6.03. The number of esters is 1. The predicted octanol–water partition coefficient (Wildman–Crippen LogP) is 0.948. The summed E-state index contributed by atoms with van der Waals surface area (Å²) in [4.78, 5) is 13.6. The maximum absolute atomic E-state index is 13.9. The van der Waals surface area contributed by atoms with Gasteiger partial charge in [0.2, 0.25) is 0 Å². The lowest BCUT2D eigenvalue weighted by atomic mass is 9.89. The van der Waals surface area contributed by atoms with Gasteiger partial charge in [0.05, 0.1) is 12.5 Å². The minimum Gasteiger partial charge on any atom is -0.469 e.